The van der Waals surface area contributed by atoms with Crippen LogP contribution < -0.4 is 5.32 Å². The van der Waals surface area contributed by atoms with E-state index in [0.29, 0.717) is 18.5 Å². The molecule has 1 aliphatic heterocycles. The highest BCUT2D eigenvalue weighted by molar-refractivity contribution is 6.15. The highest BCUT2D eigenvalue weighted by Gasteiger charge is 2.38. The summed E-state index contributed by atoms with van der Waals surface area (Å²) in [6.45, 7) is 2.96. The van der Waals surface area contributed by atoms with E-state index in [1.165, 1.54) is 26.1 Å². The van der Waals surface area contributed by atoms with Crippen molar-refractivity contribution in [2.24, 2.45) is 0 Å². The second-order valence-electron chi connectivity index (χ2n) is 4.87. The molecule has 2 rings (SSSR count). The summed E-state index contributed by atoms with van der Waals surface area (Å²) < 4.78 is 9.88. The number of ether oxygens (including phenoxy) is 2. The fraction of sp³-hybridized carbons (Fsp3) is 0.462. The predicted octanol–water partition coefficient (Wildman–Crippen LogP) is 0.933. The number of carbonyl (C=O) groups excluding carboxylic acids is 3. The third kappa shape index (κ3) is 3.21. The van der Waals surface area contributed by atoms with Gasteiger partial charge < -0.3 is 14.8 Å². The van der Waals surface area contributed by atoms with Crippen molar-refractivity contribution in [1.29, 1.82) is 0 Å². The SMILES string of the molecule is CC1(C)OC(=O)C(=CNC2=CC(=O)CCC2)C(=O)O1. The first-order valence-electron chi connectivity index (χ1n) is 6.04. The molecule has 0 bridgehead atoms. The summed E-state index contributed by atoms with van der Waals surface area (Å²) in [7, 11) is 0. The normalized spacial score (nSPS) is 22.3. The first-order chi connectivity index (χ1) is 8.87. The van der Waals surface area contributed by atoms with Crippen LogP contribution in [0.15, 0.2) is 23.5 Å². The number of ketones is 1. The largest absolute Gasteiger partial charge is 0.419 e. The van der Waals surface area contributed by atoms with Crippen molar-refractivity contribution in [3.63, 3.8) is 0 Å². The fourth-order valence-electron chi connectivity index (χ4n) is 1.85. The maximum atomic E-state index is 11.6. The van der Waals surface area contributed by atoms with Crippen molar-refractivity contribution in [3.8, 4) is 0 Å². The molecule has 0 amide bonds. The molecule has 0 saturated carbocycles. The van der Waals surface area contributed by atoms with Crippen LogP contribution in [0.3, 0.4) is 0 Å². The van der Waals surface area contributed by atoms with Crippen molar-refractivity contribution in [3.05, 3.63) is 23.5 Å². The van der Waals surface area contributed by atoms with Gasteiger partial charge in [0.25, 0.3) is 5.79 Å². The monoisotopic (exact) mass is 265 g/mol. The van der Waals surface area contributed by atoms with Gasteiger partial charge in [0.1, 0.15) is 0 Å². The first-order valence-corrected chi connectivity index (χ1v) is 6.04. The van der Waals surface area contributed by atoms with Gasteiger partial charge in [0.05, 0.1) is 0 Å². The molecule has 1 saturated heterocycles. The molecule has 102 valence electrons. The van der Waals surface area contributed by atoms with Crippen LogP contribution in [-0.4, -0.2) is 23.5 Å². The molecule has 19 heavy (non-hydrogen) atoms. The van der Waals surface area contributed by atoms with Gasteiger partial charge in [-0.25, -0.2) is 9.59 Å². The zero-order chi connectivity index (χ0) is 14.0. The molecular weight excluding hydrogens is 250 g/mol. The molecular formula is C13H15NO5. The van der Waals surface area contributed by atoms with Gasteiger partial charge in [-0.05, 0) is 12.8 Å². The molecule has 2 aliphatic rings. The number of allylic oxidation sites excluding steroid dienone is 2. The van der Waals surface area contributed by atoms with Crippen LogP contribution in [0, 0.1) is 0 Å². The average molecular weight is 265 g/mol. The third-order valence-corrected chi connectivity index (χ3v) is 2.72. The van der Waals surface area contributed by atoms with E-state index in [9.17, 15) is 14.4 Å². The molecule has 6 heteroatoms. The summed E-state index contributed by atoms with van der Waals surface area (Å²) in [5.74, 6) is -2.69. The predicted molar refractivity (Wildman–Crippen MR) is 64.4 cm³/mol. The smallest absolute Gasteiger partial charge is 0.350 e. The van der Waals surface area contributed by atoms with Gasteiger partial charge in [0.15, 0.2) is 11.4 Å². The molecule has 1 aliphatic carbocycles. The van der Waals surface area contributed by atoms with Crippen LogP contribution in [0.25, 0.3) is 0 Å². The average Bonchev–Trinajstić information content (AvgIpc) is 2.26. The molecule has 0 aromatic rings. The Hall–Kier alpha value is -2.11. The van der Waals surface area contributed by atoms with E-state index in [1.807, 2.05) is 0 Å². The number of hydrogen-bond donors (Lipinski definition) is 1. The summed E-state index contributed by atoms with van der Waals surface area (Å²) in [6.07, 6.45) is 4.68. The zero-order valence-corrected chi connectivity index (χ0v) is 10.8. The molecule has 0 aromatic carbocycles. The van der Waals surface area contributed by atoms with E-state index >= 15 is 0 Å². The van der Waals surface area contributed by atoms with Crippen molar-refractivity contribution in [2.45, 2.75) is 38.9 Å². The topological polar surface area (TPSA) is 81.7 Å². The number of hydrogen-bond acceptors (Lipinski definition) is 6. The lowest BCUT2D eigenvalue weighted by Crippen LogP contribution is -2.42. The summed E-state index contributed by atoms with van der Waals surface area (Å²) >= 11 is 0. The van der Waals surface area contributed by atoms with Crippen molar-refractivity contribution < 1.29 is 23.9 Å². The Morgan fingerprint density at radius 2 is 1.79 bits per heavy atom. The molecule has 0 radical (unpaired) electrons. The fourth-order valence-corrected chi connectivity index (χ4v) is 1.85. The van der Waals surface area contributed by atoms with E-state index in [-0.39, 0.29) is 11.4 Å². The van der Waals surface area contributed by atoms with Gasteiger partial charge in [-0.2, -0.15) is 0 Å². The Balaban J connectivity index is 2.09. The van der Waals surface area contributed by atoms with Crippen LogP contribution in [-0.2, 0) is 23.9 Å². The van der Waals surface area contributed by atoms with Gasteiger partial charge in [-0.15, -0.1) is 0 Å². The Morgan fingerprint density at radius 3 is 2.37 bits per heavy atom. The highest BCUT2D eigenvalue weighted by atomic mass is 16.7. The maximum absolute atomic E-state index is 11.6. The van der Waals surface area contributed by atoms with Crippen LogP contribution in [0.4, 0.5) is 0 Å². The highest BCUT2D eigenvalue weighted by Crippen LogP contribution is 2.22. The van der Waals surface area contributed by atoms with E-state index in [2.05, 4.69) is 5.32 Å². The minimum atomic E-state index is -1.24. The minimum Gasteiger partial charge on any atom is -0.419 e. The van der Waals surface area contributed by atoms with Crippen molar-refractivity contribution in [1.82, 2.24) is 5.32 Å². The Labute approximate surface area is 110 Å². The van der Waals surface area contributed by atoms with E-state index in [1.54, 1.807) is 0 Å². The zero-order valence-electron chi connectivity index (χ0n) is 10.8. The van der Waals surface area contributed by atoms with E-state index < -0.39 is 17.7 Å². The number of carbonyl (C=O) groups is 3. The lowest BCUT2D eigenvalue weighted by molar-refractivity contribution is -0.222. The second kappa shape index (κ2) is 4.87. The molecule has 0 spiro atoms. The quantitative estimate of drug-likeness (QED) is 0.454. The maximum Gasteiger partial charge on any atom is 0.350 e. The van der Waals surface area contributed by atoms with Crippen LogP contribution >= 0.6 is 0 Å². The van der Waals surface area contributed by atoms with Gasteiger partial charge in [-0.1, -0.05) is 0 Å². The van der Waals surface area contributed by atoms with Crippen LogP contribution in [0.2, 0.25) is 0 Å². The number of esters is 2. The van der Waals surface area contributed by atoms with Crippen LogP contribution in [0.5, 0.6) is 0 Å². The standard InChI is InChI=1S/C13H15NO5/c1-13(2)18-11(16)10(12(17)19-13)7-14-8-4-3-5-9(15)6-8/h6-7,14H,3-5H2,1-2H3. The molecule has 6 nitrogen and oxygen atoms in total. The molecule has 1 heterocycles. The molecule has 0 atom stereocenters. The van der Waals surface area contributed by atoms with E-state index in [0.717, 1.165) is 6.42 Å². The number of cyclic esters (lactones) is 2. The first kappa shape index (κ1) is 13.3. The lowest BCUT2D eigenvalue weighted by atomic mass is 10.0. The Kier molecular flexibility index (Phi) is 3.42. The summed E-state index contributed by atoms with van der Waals surface area (Å²) in [6, 6.07) is 0. The molecule has 1 N–H and O–H groups in total. The van der Waals surface area contributed by atoms with Gasteiger partial charge in [0, 0.05) is 38.2 Å². The minimum absolute atomic E-state index is 0.0297. The second-order valence-corrected chi connectivity index (χ2v) is 4.87. The number of rotatable bonds is 2. The summed E-state index contributed by atoms with van der Waals surface area (Å²) in [5, 5.41) is 2.79. The molecule has 0 aromatic heterocycles. The van der Waals surface area contributed by atoms with Gasteiger partial charge >= 0.3 is 11.9 Å². The van der Waals surface area contributed by atoms with Crippen molar-refractivity contribution in [2.75, 3.05) is 0 Å². The Bertz CT molecular complexity index is 479. The van der Waals surface area contributed by atoms with Gasteiger partial charge in [0.2, 0.25) is 0 Å². The molecule has 1 fully saturated rings. The van der Waals surface area contributed by atoms with Crippen molar-refractivity contribution >= 4 is 17.7 Å². The summed E-state index contributed by atoms with van der Waals surface area (Å²) in [5.41, 5.74) is 0.465. The summed E-state index contributed by atoms with van der Waals surface area (Å²) in [4.78, 5) is 34.5. The van der Waals surface area contributed by atoms with Gasteiger partial charge in [-0.3, -0.25) is 4.79 Å². The third-order valence-electron chi connectivity index (χ3n) is 2.72. The van der Waals surface area contributed by atoms with Crippen LogP contribution in [0.1, 0.15) is 33.1 Å². The number of nitrogens with one attached hydrogen (secondary N) is 1. The van der Waals surface area contributed by atoms with E-state index in [4.69, 9.17) is 9.47 Å². The lowest BCUT2D eigenvalue weighted by Gasteiger charge is -2.29. The Morgan fingerprint density at radius 1 is 1.16 bits per heavy atom. The molecule has 0 unspecified atom stereocenters.